The molecule has 0 spiro atoms. The molecule has 2 heterocycles. The number of carbonyl (C=O) groups excluding carboxylic acids is 2. The van der Waals surface area contributed by atoms with E-state index in [2.05, 4.69) is 15.1 Å². The number of anilines is 1. The quantitative estimate of drug-likeness (QED) is 0.763. The monoisotopic (exact) mass is 420 g/mol. The van der Waals surface area contributed by atoms with Crippen LogP contribution in [-0.2, 0) is 21.4 Å². The number of hydrogen-bond donors (Lipinski definition) is 2. The Labute approximate surface area is 169 Å². The van der Waals surface area contributed by atoms with Crippen molar-refractivity contribution < 1.29 is 22.7 Å². The van der Waals surface area contributed by atoms with Gasteiger partial charge in [-0.2, -0.15) is 5.10 Å². The third-order valence-electron chi connectivity index (χ3n) is 4.68. The van der Waals surface area contributed by atoms with Crippen LogP contribution in [0.15, 0.2) is 23.2 Å². The summed E-state index contributed by atoms with van der Waals surface area (Å²) in [4.78, 5) is 24.6. The zero-order chi connectivity index (χ0) is 21.5. The molecule has 1 aliphatic rings. The number of carbonyl (C=O) groups is 2. The minimum atomic E-state index is -4.17. The first-order valence-electron chi connectivity index (χ1n) is 9.26. The summed E-state index contributed by atoms with van der Waals surface area (Å²) in [5.41, 5.74) is 1.40. The van der Waals surface area contributed by atoms with Crippen LogP contribution in [0.2, 0.25) is 0 Å². The number of nitrogens with zero attached hydrogens (tertiary/aromatic N) is 2. The molecule has 3 rings (SSSR count). The summed E-state index contributed by atoms with van der Waals surface area (Å²) >= 11 is 0. The van der Waals surface area contributed by atoms with Crippen molar-refractivity contribution in [2.45, 2.75) is 52.2 Å². The average molecular weight is 420 g/mol. The number of rotatable bonds is 5. The lowest BCUT2D eigenvalue weighted by Crippen LogP contribution is -2.40. The topological polar surface area (TPSA) is 119 Å². The normalized spacial score (nSPS) is 16.2. The van der Waals surface area contributed by atoms with Gasteiger partial charge in [-0.25, -0.2) is 13.1 Å². The highest BCUT2D eigenvalue weighted by atomic mass is 32.2. The highest BCUT2D eigenvalue weighted by Gasteiger charge is 2.32. The SMILES string of the molecule is CCn1cc(C(=O)NS(=O)(=O)c2cc3c(cc2C)NC(=O)[C@@H](C(C)C)O3)c(C)n1. The first-order chi connectivity index (χ1) is 13.5. The van der Waals surface area contributed by atoms with Gasteiger partial charge in [0.15, 0.2) is 6.10 Å². The van der Waals surface area contributed by atoms with Crippen LogP contribution in [0.4, 0.5) is 5.69 Å². The molecule has 1 aromatic carbocycles. The number of aromatic nitrogens is 2. The summed E-state index contributed by atoms with van der Waals surface area (Å²) in [5.74, 6) is -0.883. The van der Waals surface area contributed by atoms with Crippen LogP contribution >= 0.6 is 0 Å². The summed E-state index contributed by atoms with van der Waals surface area (Å²) < 4.78 is 35.1. The minimum absolute atomic E-state index is 0.0937. The second-order valence-electron chi connectivity index (χ2n) is 7.30. The Morgan fingerprint density at radius 2 is 2.03 bits per heavy atom. The van der Waals surface area contributed by atoms with Crippen molar-refractivity contribution in [2.24, 2.45) is 5.92 Å². The fourth-order valence-electron chi connectivity index (χ4n) is 3.12. The molecule has 1 aromatic heterocycles. The summed E-state index contributed by atoms with van der Waals surface area (Å²) in [5, 5.41) is 6.90. The minimum Gasteiger partial charge on any atom is -0.478 e. The van der Waals surface area contributed by atoms with Crippen LogP contribution in [0.5, 0.6) is 5.75 Å². The molecule has 2 amide bonds. The van der Waals surface area contributed by atoms with Crippen LogP contribution in [0, 0.1) is 19.8 Å². The van der Waals surface area contributed by atoms with Crippen molar-refractivity contribution in [1.29, 1.82) is 0 Å². The standard InChI is InChI=1S/C19H24N4O5S/c1-6-23-9-13(12(5)21-23)18(24)22-29(26,27)16-8-15-14(7-11(16)4)20-19(25)17(28-15)10(2)3/h7-10,17H,6H2,1-5H3,(H,20,25)(H,22,24)/t17-/m1/s1. The van der Waals surface area contributed by atoms with E-state index in [9.17, 15) is 18.0 Å². The van der Waals surface area contributed by atoms with E-state index in [0.717, 1.165) is 0 Å². The van der Waals surface area contributed by atoms with Crippen molar-refractivity contribution >= 4 is 27.5 Å². The van der Waals surface area contributed by atoms with E-state index in [-0.39, 0.29) is 28.0 Å². The summed E-state index contributed by atoms with van der Waals surface area (Å²) in [6.45, 7) is 9.32. The van der Waals surface area contributed by atoms with Crippen molar-refractivity contribution in [2.75, 3.05) is 5.32 Å². The molecule has 1 atom stereocenters. The predicted molar refractivity (Wildman–Crippen MR) is 106 cm³/mol. The van der Waals surface area contributed by atoms with Crippen LogP contribution in [-0.4, -0.2) is 36.1 Å². The van der Waals surface area contributed by atoms with E-state index in [1.54, 1.807) is 18.5 Å². The third kappa shape index (κ3) is 3.98. The maximum atomic E-state index is 12.9. The van der Waals surface area contributed by atoms with Crippen molar-refractivity contribution in [3.05, 3.63) is 35.2 Å². The molecule has 0 saturated heterocycles. The van der Waals surface area contributed by atoms with Gasteiger partial charge < -0.3 is 10.1 Å². The third-order valence-corrected chi connectivity index (χ3v) is 6.16. The van der Waals surface area contributed by atoms with Gasteiger partial charge in [-0.3, -0.25) is 14.3 Å². The lowest BCUT2D eigenvalue weighted by atomic mass is 10.0. The highest BCUT2D eigenvalue weighted by molar-refractivity contribution is 7.90. The molecule has 29 heavy (non-hydrogen) atoms. The molecule has 9 nitrogen and oxygen atoms in total. The number of fused-ring (bicyclic) bond motifs is 1. The number of aryl methyl sites for hydroxylation is 3. The van der Waals surface area contributed by atoms with E-state index < -0.39 is 22.0 Å². The van der Waals surface area contributed by atoms with Crippen molar-refractivity contribution in [1.82, 2.24) is 14.5 Å². The lowest BCUT2D eigenvalue weighted by Gasteiger charge is -2.29. The second kappa shape index (κ2) is 7.51. The van der Waals surface area contributed by atoms with Crippen LogP contribution < -0.4 is 14.8 Å². The smallest absolute Gasteiger partial charge is 0.268 e. The molecule has 156 valence electrons. The Balaban J connectivity index is 1.93. The van der Waals surface area contributed by atoms with Gasteiger partial charge in [0.25, 0.3) is 21.8 Å². The molecule has 0 bridgehead atoms. The Bertz CT molecular complexity index is 1090. The lowest BCUT2D eigenvalue weighted by molar-refractivity contribution is -0.125. The summed E-state index contributed by atoms with van der Waals surface area (Å²) in [6, 6.07) is 2.85. The fourth-order valence-corrected chi connectivity index (χ4v) is 4.33. The molecule has 0 saturated carbocycles. The Hall–Kier alpha value is -2.88. The average Bonchev–Trinajstić information content (AvgIpc) is 3.01. The van der Waals surface area contributed by atoms with Gasteiger partial charge in [-0.1, -0.05) is 13.8 Å². The summed E-state index contributed by atoms with van der Waals surface area (Å²) in [6.07, 6.45) is 0.782. The number of hydrogen-bond acceptors (Lipinski definition) is 6. The van der Waals surface area contributed by atoms with Gasteiger partial charge in [0.1, 0.15) is 5.75 Å². The number of amides is 2. The zero-order valence-electron chi connectivity index (χ0n) is 16.9. The fraction of sp³-hybridized carbons (Fsp3) is 0.421. The molecular formula is C19H24N4O5S. The highest BCUT2D eigenvalue weighted by Crippen LogP contribution is 2.35. The van der Waals surface area contributed by atoms with Crippen molar-refractivity contribution in [3.8, 4) is 5.75 Å². The number of benzene rings is 1. The van der Waals surface area contributed by atoms with Crippen molar-refractivity contribution in [3.63, 3.8) is 0 Å². The van der Waals surface area contributed by atoms with Gasteiger partial charge in [-0.05, 0) is 38.3 Å². The van der Waals surface area contributed by atoms with Gasteiger partial charge in [-0.15, -0.1) is 0 Å². The number of sulfonamides is 1. The number of nitrogens with one attached hydrogen (secondary N) is 2. The molecule has 0 aliphatic carbocycles. The van der Waals surface area contributed by atoms with E-state index >= 15 is 0 Å². The molecular weight excluding hydrogens is 396 g/mol. The van der Waals surface area contributed by atoms with Gasteiger partial charge in [0.2, 0.25) is 0 Å². The number of ether oxygens (including phenoxy) is 1. The molecule has 0 radical (unpaired) electrons. The van der Waals surface area contributed by atoms with Gasteiger partial charge >= 0.3 is 0 Å². The molecule has 10 heteroatoms. The molecule has 2 aromatic rings. The molecule has 2 N–H and O–H groups in total. The first kappa shape index (κ1) is 20.8. The molecule has 1 aliphatic heterocycles. The molecule has 0 unspecified atom stereocenters. The van der Waals surface area contributed by atoms with Gasteiger partial charge in [0.05, 0.1) is 21.8 Å². The van der Waals surface area contributed by atoms with Crippen LogP contribution in [0.3, 0.4) is 0 Å². The maximum Gasteiger partial charge on any atom is 0.268 e. The van der Waals surface area contributed by atoms with Crippen LogP contribution in [0.1, 0.15) is 42.4 Å². The summed E-state index contributed by atoms with van der Waals surface area (Å²) in [7, 11) is -4.17. The Morgan fingerprint density at radius 1 is 1.34 bits per heavy atom. The molecule has 0 fully saturated rings. The van der Waals surface area contributed by atoms with E-state index in [1.165, 1.54) is 18.3 Å². The van der Waals surface area contributed by atoms with E-state index in [0.29, 0.717) is 23.5 Å². The predicted octanol–water partition coefficient (Wildman–Crippen LogP) is 1.99. The second-order valence-corrected chi connectivity index (χ2v) is 8.95. The maximum absolute atomic E-state index is 12.9. The zero-order valence-corrected chi connectivity index (χ0v) is 17.8. The van der Waals surface area contributed by atoms with Gasteiger partial charge in [0, 0.05) is 18.8 Å². The van der Waals surface area contributed by atoms with E-state index in [4.69, 9.17) is 4.74 Å². The Morgan fingerprint density at radius 3 is 2.62 bits per heavy atom. The van der Waals surface area contributed by atoms with Crippen LogP contribution in [0.25, 0.3) is 0 Å². The first-order valence-corrected chi connectivity index (χ1v) is 10.7. The Kier molecular flexibility index (Phi) is 5.40. The van der Waals surface area contributed by atoms with E-state index in [1.807, 2.05) is 20.8 Å². The largest absolute Gasteiger partial charge is 0.478 e.